The quantitative estimate of drug-likeness (QED) is 0.169. The Labute approximate surface area is 304 Å². The van der Waals surface area contributed by atoms with E-state index in [2.05, 4.69) is 127 Å². The van der Waals surface area contributed by atoms with Crippen molar-refractivity contribution in [3.05, 3.63) is 222 Å². The van der Waals surface area contributed by atoms with E-state index in [9.17, 15) is 0 Å². The van der Waals surface area contributed by atoms with Crippen molar-refractivity contribution in [1.29, 1.82) is 0 Å². The summed E-state index contributed by atoms with van der Waals surface area (Å²) < 4.78 is 21.9. The van der Waals surface area contributed by atoms with Crippen LogP contribution in [0.25, 0.3) is 33.4 Å². The molecule has 1 aliphatic heterocycles. The van der Waals surface area contributed by atoms with E-state index in [1.54, 1.807) is 0 Å². The summed E-state index contributed by atoms with van der Waals surface area (Å²) in [5, 5.41) is 2.47. The Balaban J connectivity index is 1.09. The lowest BCUT2D eigenvalue weighted by atomic mass is 9.66. The van der Waals surface area contributed by atoms with Crippen LogP contribution in [0.15, 0.2) is 200 Å². The first-order chi connectivity index (χ1) is 25.7. The fourth-order valence-electron chi connectivity index (χ4n) is 8.52. The molecule has 0 amide bonds. The van der Waals surface area contributed by atoms with Crippen LogP contribution < -0.4 is 20.7 Å². The number of hydrogen-bond acceptors (Lipinski definition) is 2. The molecule has 1 heterocycles. The Morgan fingerprint density at radius 1 is 0.346 bits per heavy atom. The van der Waals surface area contributed by atoms with Crippen LogP contribution in [0, 0.1) is 0 Å². The minimum atomic E-state index is -3.11. The molecule has 0 fully saturated rings. The highest BCUT2D eigenvalue weighted by Crippen LogP contribution is 2.62. The van der Waals surface area contributed by atoms with E-state index in [-0.39, 0.29) is 0 Å². The van der Waals surface area contributed by atoms with Gasteiger partial charge in [0.2, 0.25) is 0 Å². The number of hydrogen-bond donors (Lipinski definition) is 0. The maximum atomic E-state index is 15.2. The molecule has 0 atom stereocenters. The van der Waals surface area contributed by atoms with Gasteiger partial charge in [-0.25, -0.2) is 0 Å². The van der Waals surface area contributed by atoms with Gasteiger partial charge in [0.1, 0.15) is 11.5 Å². The molecule has 2 nitrogen and oxygen atoms in total. The van der Waals surface area contributed by atoms with Crippen LogP contribution in [0.1, 0.15) is 22.3 Å². The summed E-state index contributed by atoms with van der Waals surface area (Å²) >= 11 is 0. The molecular formula is C49H33O2P. The largest absolute Gasteiger partial charge is 0.457 e. The Hall–Kier alpha value is -6.21. The summed E-state index contributed by atoms with van der Waals surface area (Å²) in [6.45, 7) is 0. The first-order valence-corrected chi connectivity index (χ1v) is 19.4. The maximum absolute atomic E-state index is 15.2. The van der Waals surface area contributed by atoms with Gasteiger partial charge in [-0.05, 0) is 68.8 Å². The summed E-state index contributed by atoms with van der Waals surface area (Å²) in [6, 6.07) is 69.3. The Bertz CT molecular complexity index is 2610. The van der Waals surface area contributed by atoms with E-state index in [0.717, 1.165) is 60.8 Å². The number of rotatable bonds is 5. The lowest BCUT2D eigenvalue weighted by Gasteiger charge is -2.39. The molecule has 3 heteroatoms. The van der Waals surface area contributed by atoms with E-state index in [1.165, 1.54) is 22.3 Å². The van der Waals surface area contributed by atoms with Gasteiger partial charge >= 0.3 is 0 Å². The topological polar surface area (TPSA) is 26.3 Å². The van der Waals surface area contributed by atoms with Gasteiger partial charge in [0, 0.05) is 27.0 Å². The second-order valence-electron chi connectivity index (χ2n) is 13.6. The van der Waals surface area contributed by atoms with Crippen molar-refractivity contribution in [3.63, 3.8) is 0 Å². The van der Waals surface area contributed by atoms with Gasteiger partial charge in [-0.2, -0.15) is 0 Å². The van der Waals surface area contributed by atoms with Crippen LogP contribution in [0.3, 0.4) is 0 Å². The molecule has 0 bridgehead atoms. The number of fused-ring (bicyclic) bond motifs is 9. The monoisotopic (exact) mass is 684 g/mol. The van der Waals surface area contributed by atoms with Crippen molar-refractivity contribution in [2.75, 3.05) is 0 Å². The molecule has 1 spiro atoms. The minimum absolute atomic E-state index is 0.483. The summed E-state index contributed by atoms with van der Waals surface area (Å²) in [5.41, 5.74) is 11.2. The highest BCUT2D eigenvalue weighted by Gasteiger charge is 2.50. The van der Waals surface area contributed by atoms with Crippen molar-refractivity contribution in [2.24, 2.45) is 0 Å². The maximum Gasteiger partial charge on any atom is 0.171 e. The van der Waals surface area contributed by atoms with Crippen molar-refractivity contribution < 1.29 is 9.30 Å². The van der Waals surface area contributed by atoms with Crippen molar-refractivity contribution in [2.45, 2.75) is 5.41 Å². The minimum Gasteiger partial charge on any atom is -0.457 e. The molecule has 0 aromatic heterocycles. The molecule has 0 saturated carbocycles. The first-order valence-electron chi connectivity index (χ1n) is 17.7. The summed E-state index contributed by atoms with van der Waals surface area (Å²) in [4.78, 5) is 0. The number of benzene rings is 8. The third-order valence-electron chi connectivity index (χ3n) is 10.8. The molecular weight excluding hydrogens is 652 g/mol. The van der Waals surface area contributed by atoms with Gasteiger partial charge in [-0.3, -0.25) is 0 Å². The van der Waals surface area contributed by atoms with Gasteiger partial charge in [0.05, 0.1) is 5.41 Å². The molecule has 0 unspecified atom stereocenters. The highest BCUT2D eigenvalue weighted by atomic mass is 31.2. The van der Waals surface area contributed by atoms with Gasteiger partial charge < -0.3 is 9.30 Å². The van der Waals surface area contributed by atoms with E-state index in [4.69, 9.17) is 4.74 Å². The third kappa shape index (κ3) is 4.48. The zero-order chi connectivity index (χ0) is 34.7. The Morgan fingerprint density at radius 3 is 1.44 bits per heavy atom. The van der Waals surface area contributed by atoms with E-state index < -0.39 is 12.6 Å². The normalized spacial score (nSPS) is 13.4. The van der Waals surface area contributed by atoms with Crippen molar-refractivity contribution >= 4 is 23.1 Å². The van der Waals surface area contributed by atoms with Gasteiger partial charge in [0.15, 0.2) is 7.14 Å². The second-order valence-corrected chi connectivity index (χ2v) is 16.3. The van der Waals surface area contributed by atoms with E-state index in [0.29, 0.717) is 0 Å². The molecule has 0 saturated heterocycles. The SMILES string of the molecule is O=P(c1ccccc1)(c1ccccc1)c1cccc(-c2cccc(-c3ccc4c(c3)Oc3ccccc3C43c4ccccc4-c4ccccc43)c2)c1. The molecule has 52 heavy (non-hydrogen) atoms. The summed E-state index contributed by atoms with van der Waals surface area (Å²) in [6.07, 6.45) is 0. The molecule has 246 valence electrons. The second kappa shape index (κ2) is 11.9. The summed E-state index contributed by atoms with van der Waals surface area (Å²) in [5.74, 6) is 1.74. The zero-order valence-corrected chi connectivity index (χ0v) is 29.2. The highest BCUT2D eigenvalue weighted by molar-refractivity contribution is 7.85. The lowest BCUT2D eigenvalue weighted by molar-refractivity contribution is 0.436. The first kappa shape index (κ1) is 30.6. The van der Waals surface area contributed by atoms with E-state index >= 15 is 4.57 Å². The van der Waals surface area contributed by atoms with Gasteiger partial charge in [-0.15, -0.1) is 0 Å². The Kier molecular flexibility index (Phi) is 7.03. The standard InChI is InChI=1S/C49H33O2P/c50-52(38-18-3-1-4-19-38,39-20-5-2-6-21-39)40-22-14-17-36(32-40)34-15-13-16-35(31-34)37-29-30-46-48(33-37)51-47-28-12-11-27-45(47)49(46)43-25-9-7-23-41(43)42-24-8-10-26-44(42)49/h1-33H. The molecule has 0 N–H and O–H groups in total. The average Bonchev–Trinajstić information content (AvgIpc) is 3.52. The van der Waals surface area contributed by atoms with Gasteiger partial charge in [0.25, 0.3) is 0 Å². The van der Waals surface area contributed by atoms with Crippen LogP contribution in [-0.4, -0.2) is 0 Å². The predicted molar refractivity (Wildman–Crippen MR) is 214 cm³/mol. The Morgan fingerprint density at radius 2 is 0.808 bits per heavy atom. The van der Waals surface area contributed by atoms with Crippen molar-refractivity contribution in [3.8, 4) is 44.9 Å². The smallest absolute Gasteiger partial charge is 0.171 e. The van der Waals surface area contributed by atoms with Crippen LogP contribution in [0.5, 0.6) is 11.5 Å². The van der Waals surface area contributed by atoms with Crippen LogP contribution in [0.4, 0.5) is 0 Å². The summed E-state index contributed by atoms with van der Waals surface area (Å²) in [7, 11) is -3.11. The van der Waals surface area contributed by atoms with Crippen LogP contribution in [0.2, 0.25) is 0 Å². The molecule has 2 aliphatic rings. The molecule has 8 aromatic rings. The predicted octanol–water partition coefficient (Wildman–Crippen LogP) is 11.1. The fraction of sp³-hybridized carbons (Fsp3) is 0.0204. The molecule has 8 aromatic carbocycles. The average molecular weight is 685 g/mol. The zero-order valence-electron chi connectivity index (χ0n) is 28.3. The fourth-order valence-corrected chi connectivity index (χ4v) is 11.2. The van der Waals surface area contributed by atoms with Gasteiger partial charge in [-0.1, -0.05) is 176 Å². The lowest BCUT2D eigenvalue weighted by Crippen LogP contribution is -2.32. The molecule has 1 aliphatic carbocycles. The molecule has 10 rings (SSSR count). The molecule has 0 radical (unpaired) electrons. The van der Waals surface area contributed by atoms with Crippen LogP contribution >= 0.6 is 7.14 Å². The third-order valence-corrected chi connectivity index (χ3v) is 13.9. The van der Waals surface area contributed by atoms with Crippen LogP contribution in [-0.2, 0) is 9.98 Å². The number of para-hydroxylation sites is 1. The van der Waals surface area contributed by atoms with Crippen molar-refractivity contribution in [1.82, 2.24) is 0 Å². The number of ether oxygens (including phenoxy) is 1. The van der Waals surface area contributed by atoms with E-state index in [1.807, 2.05) is 72.8 Å².